The summed E-state index contributed by atoms with van der Waals surface area (Å²) in [6.45, 7) is 1.89. The molecule has 92 valence electrons. The predicted octanol–water partition coefficient (Wildman–Crippen LogP) is 1.82. The summed E-state index contributed by atoms with van der Waals surface area (Å²) >= 11 is 0. The SMILES string of the molecule is O=C(NCCCNC1CCCC1)C1CCC1. The Hall–Kier alpha value is -0.570. The van der Waals surface area contributed by atoms with Gasteiger partial charge in [0.1, 0.15) is 0 Å². The summed E-state index contributed by atoms with van der Waals surface area (Å²) in [6.07, 6.45) is 9.96. The van der Waals surface area contributed by atoms with Gasteiger partial charge in [-0.15, -0.1) is 0 Å². The van der Waals surface area contributed by atoms with Crippen molar-refractivity contribution in [2.24, 2.45) is 5.92 Å². The highest BCUT2D eigenvalue weighted by Crippen LogP contribution is 2.26. The van der Waals surface area contributed by atoms with E-state index in [4.69, 9.17) is 0 Å². The van der Waals surface area contributed by atoms with Gasteiger partial charge in [0.2, 0.25) is 5.91 Å². The molecule has 3 nitrogen and oxygen atoms in total. The molecule has 2 aliphatic carbocycles. The number of rotatable bonds is 6. The Kier molecular flexibility index (Phi) is 4.64. The number of carbonyl (C=O) groups excluding carboxylic acids is 1. The molecule has 2 rings (SSSR count). The molecule has 1 amide bonds. The highest BCUT2D eigenvalue weighted by atomic mass is 16.1. The van der Waals surface area contributed by atoms with Crippen molar-refractivity contribution in [1.82, 2.24) is 10.6 Å². The number of hydrogen-bond donors (Lipinski definition) is 2. The van der Waals surface area contributed by atoms with Crippen LogP contribution in [0.15, 0.2) is 0 Å². The van der Waals surface area contributed by atoms with E-state index in [1.54, 1.807) is 0 Å². The summed E-state index contributed by atoms with van der Waals surface area (Å²) in [4.78, 5) is 11.5. The van der Waals surface area contributed by atoms with E-state index in [0.717, 1.165) is 38.4 Å². The lowest BCUT2D eigenvalue weighted by molar-refractivity contribution is -0.127. The zero-order chi connectivity index (χ0) is 11.2. The first-order chi connectivity index (χ1) is 7.86. The molecule has 0 saturated heterocycles. The van der Waals surface area contributed by atoms with Crippen LogP contribution >= 0.6 is 0 Å². The fraction of sp³-hybridized carbons (Fsp3) is 0.923. The summed E-state index contributed by atoms with van der Waals surface area (Å²) in [5.74, 6) is 0.620. The number of carbonyl (C=O) groups is 1. The lowest BCUT2D eigenvalue weighted by Gasteiger charge is -2.24. The molecule has 0 atom stereocenters. The average molecular weight is 224 g/mol. The van der Waals surface area contributed by atoms with Gasteiger partial charge in [-0.1, -0.05) is 19.3 Å². The summed E-state index contributed by atoms with van der Waals surface area (Å²) in [6, 6.07) is 0.752. The molecule has 0 radical (unpaired) electrons. The van der Waals surface area contributed by atoms with Crippen LogP contribution in [0.25, 0.3) is 0 Å². The average Bonchev–Trinajstić information content (AvgIpc) is 2.67. The van der Waals surface area contributed by atoms with E-state index >= 15 is 0 Å². The van der Waals surface area contributed by atoms with Crippen molar-refractivity contribution in [3.8, 4) is 0 Å². The number of hydrogen-bond acceptors (Lipinski definition) is 2. The second kappa shape index (κ2) is 6.24. The van der Waals surface area contributed by atoms with Crippen molar-refractivity contribution in [2.75, 3.05) is 13.1 Å². The van der Waals surface area contributed by atoms with Crippen LogP contribution < -0.4 is 10.6 Å². The standard InChI is InChI=1S/C13H24N2O/c16-13(11-5-3-6-11)15-10-4-9-14-12-7-1-2-8-12/h11-12,14H,1-10H2,(H,15,16). The first-order valence-corrected chi connectivity index (χ1v) is 6.87. The van der Waals surface area contributed by atoms with Gasteiger partial charge in [0.25, 0.3) is 0 Å². The molecule has 0 aliphatic heterocycles. The van der Waals surface area contributed by atoms with Crippen LogP contribution in [0.5, 0.6) is 0 Å². The maximum absolute atomic E-state index is 11.5. The van der Waals surface area contributed by atoms with Gasteiger partial charge in [0.05, 0.1) is 0 Å². The maximum Gasteiger partial charge on any atom is 0.223 e. The Morgan fingerprint density at radius 2 is 1.75 bits per heavy atom. The molecule has 0 heterocycles. The highest BCUT2D eigenvalue weighted by molar-refractivity contribution is 5.79. The zero-order valence-corrected chi connectivity index (χ0v) is 10.1. The Morgan fingerprint density at radius 1 is 1.00 bits per heavy atom. The molecule has 2 aliphatic rings. The van der Waals surface area contributed by atoms with E-state index in [1.165, 1.54) is 32.1 Å². The first kappa shape index (κ1) is 11.9. The van der Waals surface area contributed by atoms with Gasteiger partial charge >= 0.3 is 0 Å². The molecule has 0 spiro atoms. The Bertz CT molecular complexity index is 220. The van der Waals surface area contributed by atoms with Crippen LogP contribution in [-0.2, 0) is 4.79 Å². The quantitative estimate of drug-likeness (QED) is 0.676. The number of amides is 1. The minimum Gasteiger partial charge on any atom is -0.356 e. The van der Waals surface area contributed by atoms with Gasteiger partial charge in [-0.05, 0) is 38.6 Å². The van der Waals surface area contributed by atoms with Crippen molar-refractivity contribution in [1.29, 1.82) is 0 Å². The Morgan fingerprint density at radius 3 is 2.38 bits per heavy atom. The maximum atomic E-state index is 11.5. The van der Waals surface area contributed by atoms with Crippen molar-refractivity contribution in [2.45, 2.75) is 57.4 Å². The van der Waals surface area contributed by atoms with E-state index in [1.807, 2.05) is 0 Å². The minimum atomic E-state index is 0.284. The summed E-state index contributed by atoms with van der Waals surface area (Å²) < 4.78 is 0. The van der Waals surface area contributed by atoms with Crippen LogP contribution in [0.1, 0.15) is 51.4 Å². The minimum absolute atomic E-state index is 0.284. The molecule has 2 saturated carbocycles. The second-order valence-electron chi connectivity index (χ2n) is 5.21. The second-order valence-corrected chi connectivity index (χ2v) is 5.21. The van der Waals surface area contributed by atoms with Gasteiger partial charge in [-0.2, -0.15) is 0 Å². The first-order valence-electron chi connectivity index (χ1n) is 6.87. The third kappa shape index (κ3) is 3.48. The molecule has 3 heteroatoms. The van der Waals surface area contributed by atoms with Gasteiger partial charge in [0.15, 0.2) is 0 Å². The highest BCUT2D eigenvalue weighted by Gasteiger charge is 2.24. The molecular formula is C13H24N2O. The van der Waals surface area contributed by atoms with Crippen molar-refractivity contribution < 1.29 is 4.79 Å². The summed E-state index contributed by atoms with van der Waals surface area (Å²) in [5, 5.41) is 6.59. The van der Waals surface area contributed by atoms with E-state index < -0.39 is 0 Å². The molecule has 0 aromatic rings. The monoisotopic (exact) mass is 224 g/mol. The number of nitrogens with one attached hydrogen (secondary N) is 2. The molecule has 2 fully saturated rings. The van der Waals surface area contributed by atoms with Gasteiger partial charge in [-0.3, -0.25) is 4.79 Å². The predicted molar refractivity (Wildman–Crippen MR) is 65.2 cm³/mol. The lowest BCUT2D eigenvalue weighted by Crippen LogP contribution is -2.36. The molecule has 0 bridgehead atoms. The topological polar surface area (TPSA) is 41.1 Å². The van der Waals surface area contributed by atoms with Crippen molar-refractivity contribution >= 4 is 5.91 Å². The van der Waals surface area contributed by atoms with Crippen LogP contribution in [0, 0.1) is 5.92 Å². The summed E-state index contributed by atoms with van der Waals surface area (Å²) in [7, 11) is 0. The third-order valence-corrected chi connectivity index (χ3v) is 3.92. The van der Waals surface area contributed by atoms with E-state index in [0.29, 0.717) is 5.92 Å². The lowest BCUT2D eigenvalue weighted by atomic mass is 9.85. The fourth-order valence-electron chi connectivity index (χ4n) is 2.55. The molecule has 16 heavy (non-hydrogen) atoms. The van der Waals surface area contributed by atoms with E-state index in [-0.39, 0.29) is 5.91 Å². The largest absolute Gasteiger partial charge is 0.356 e. The molecule has 2 N–H and O–H groups in total. The van der Waals surface area contributed by atoms with E-state index in [2.05, 4.69) is 10.6 Å². The van der Waals surface area contributed by atoms with Gasteiger partial charge < -0.3 is 10.6 Å². The van der Waals surface area contributed by atoms with Crippen molar-refractivity contribution in [3.05, 3.63) is 0 Å². The molecule has 0 aromatic carbocycles. The third-order valence-electron chi connectivity index (χ3n) is 3.92. The fourth-order valence-corrected chi connectivity index (χ4v) is 2.55. The Labute approximate surface area is 98.4 Å². The van der Waals surface area contributed by atoms with Crippen LogP contribution in [0.4, 0.5) is 0 Å². The zero-order valence-electron chi connectivity index (χ0n) is 10.1. The molecule has 0 unspecified atom stereocenters. The van der Waals surface area contributed by atoms with Gasteiger partial charge in [-0.25, -0.2) is 0 Å². The summed E-state index contributed by atoms with van der Waals surface area (Å²) in [5.41, 5.74) is 0. The Balaban J connectivity index is 1.43. The van der Waals surface area contributed by atoms with E-state index in [9.17, 15) is 4.79 Å². The normalized spacial score (nSPS) is 22.0. The molecular weight excluding hydrogens is 200 g/mol. The van der Waals surface area contributed by atoms with Crippen LogP contribution in [0.3, 0.4) is 0 Å². The van der Waals surface area contributed by atoms with Crippen LogP contribution in [-0.4, -0.2) is 25.0 Å². The molecule has 0 aromatic heterocycles. The van der Waals surface area contributed by atoms with Gasteiger partial charge in [0, 0.05) is 18.5 Å². The van der Waals surface area contributed by atoms with Crippen LogP contribution in [0.2, 0.25) is 0 Å². The van der Waals surface area contributed by atoms with Crippen molar-refractivity contribution in [3.63, 3.8) is 0 Å². The smallest absolute Gasteiger partial charge is 0.223 e.